The van der Waals surface area contributed by atoms with E-state index >= 15 is 0 Å². The first kappa shape index (κ1) is 15.1. The Kier molecular flexibility index (Phi) is 4.19. The molecule has 2 unspecified atom stereocenters. The first-order valence-corrected chi connectivity index (χ1v) is 7.09. The fraction of sp³-hybridized carbons (Fsp3) is 0.900. The molecule has 1 fully saturated rings. The van der Waals surface area contributed by atoms with Crippen molar-refractivity contribution >= 4 is 16.3 Å². The lowest BCUT2D eigenvalue weighted by molar-refractivity contribution is 0.0232. The summed E-state index contributed by atoms with van der Waals surface area (Å²) >= 11 is 0. The van der Waals surface area contributed by atoms with Crippen LogP contribution in [0.1, 0.15) is 27.2 Å². The molecule has 5 nitrogen and oxygen atoms in total. The summed E-state index contributed by atoms with van der Waals surface area (Å²) in [6.45, 7) is 4.63. The van der Waals surface area contributed by atoms with Gasteiger partial charge in [-0.25, -0.2) is 9.18 Å². The van der Waals surface area contributed by atoms with Crippen molar-refractivity contribution in [3.63, 3.8) is 0 Å². The molecule has 0 aromatic heterocycles. The Bertz CT molecular complexity index is 418. The van der Waals surface area contributed by atoms with Gasteiger partial charge in [0.15, 0.2) is 0 Å². The molecule has 0 N–H and O–H groups in total. The number of hydrogen-bond acceptors (Lipinski definition) is 4. The fourth-order valence-corrected chi connectivity index (χ4v) is 2.57. The van der Waals surface area contributed by atoms with E-state index in [1.807, 2.05) is 0 Å². The van der Waals surface area contributed by atoms with E-state index in [1.54, 1.807) is 20.8 Å². The molecule has 2 atom stereocenters. The van der Waals surface area contributed by atoms with Crippen LogP contribution in [0.3, 0.4) is 0 Å². The lowest BCUT2D eigenvalue weighted by Crippen LogP contribution is -2.42. The van der Waals surface area contributed by atoms with Crippen molar-refractivity contribution in [2.24, 2.45) is 0 Å². The minimum absolute atomic E-state index is 0.192. The van der Waals surface area contributed by atoms with Crippen LogP contribution in [0.2, 0.25) is 0 Å². The third-order valence-corrected chi connectivity index (χ3v) is 3.17. The molecular weight excluding hydrogens is 268 g/mol. The van der Waals surface area contributed by atoms with Crippen LogP contribution in [-0.4, -0.2) is 49.5 Å². The topological polar surface area (TPSA) is 63.7 Å². The first-order chi connectivity index (χ1) is 7.98. The number of alkyl halides is 1. The summed E-state index contributed by atoms with van der Waals surface area (Å²) in [7, 11) is -4.76. The SMILES string of the molecule is CC(C)(C)OC(=O)N1CC(F)CC1CS(=O)(=O)F. The molecule has 1 rings (SSSR count). The molecule has 1 aliphatic rings. The molecule has 0 radical (unpaired) electrons. The zero-order valence-electron chi connectivity index (χ0n) is 10.5. The Hall–Kier alpha value is -0.920. The molecule has 0 aromatic carbocycles. The maximum Gasteiger partial charge on any atom is 0.410 e. The third kappa shape index (κ3) is 4.75. The number of hydrogen-bond donors (Lipinski definition) is 0. The number of rotatable bonds is 2. The minimum atomic E-state index is -4.76. The molecule has 106 valence electrons. The van der Waals surface area contributed by atoms with E-state index in [1.165, 1.54) is 0 Å². The highest BCUT2D eigenvalue weighted by molar-refractivity contribution is 7.86. The molecule has 18 heavy (non-hydrogen) atoms. The zero-order chi connectivity index (χ0) is 14.1. The van der Waals surface area contributed by atoms with Crippen molar-refractivity contribution in [3.05, 3.63) is 0 Å². The Labute approximate surface area is 105 Å². The van der Waals surface area contributed by atoms with E-state index < -0.39 is 39.9 Å². The van der Waals surface area contributed by atoms with Gasteiger partial charge in [-0.05, 0) is 20.8 Å². The van der Waals surface area contributed by atoms with Crippen LogP contribution >= 0.6 is 0 Å². The molecule has 0 aromatic rings. The van der Waals surface area contributed by atoms with E-state index in [4.69, 9.17) is 4.74 Å². The van der Waals surface area contributed by atoms with E-state index in [9.17, 15) is 21.5 Å². The fourth-order valence-electron chi connectivity index (χ4n) is 1.79. The van der Waals surface area contributed by atoms with Crippen molar-refractivity contribution in [2.45, 2.75) is 45.0 Å². The van der Waals surface area contributed by atoms with Gasteiger partial charge in [0.2, 0.25) is 0 Å². The summed E-state index contributed by atoms with van der Waals surface area (Å²) in [4.78, 5) is 12.7. The number of carbonyl (C=O) groups is 1. The second-order valence-corrected chi connectivity index (χ2v) is 6.74. The maximum atomic E-state index is 13.2. The summed E-state index contributed by atoms with van der Waals surface area (Å²) in [6, 6.07) is -1.01. The number of likely N-dealkylation sites (tertiary alicyclic amines) is 1. The molecule has 1 aliphatic heterocycles. The zero-order valence-corrected chi connectivity index (χ0v) is 11.3. The summed E-state index contributed by atoms with van der Waals surface area (Å²) in [5, 5.41) is 0. The Balaban J connectivity index is 2.76. The van der Waals surface area contributed by atoms with Gasteiger partial charge in [0, 0.05) is 6.42 Å². The quantitative estimate of drug-likeness (QED) is 0.723. The van der Waals surface area contributed by atoms with Crippen LogP contribution in [0.15, 0.2) is 0 Å². The molecule has 1 amide bonds. The molecular formula is C10H17F2NO4S. The van der Waals surface area contributed by atoms with Crippen molar-refractivity contribution in [1.82, 2.24) is 4.90 Å². The van der Waals surface area contributed by atoms with E-state index in [-0.39, 0.29) is 13.0 Å². The highest BCUT2D eigenvalue weighted by atomic mass is 32.3. The number of carbonyl (C=O) groups excluding carboxylic acids is 1. The van der Waals surface area contributed by atoms with Crippen LogP contribution in [0.25, 0.3) is 0 Å². The minimum Gasteiger partial charge on any atom is -0.444 e. The first-order valence-electron chi connectivity index (χ1n) is 5.54. The van der Waals surface area contributed by atoms with Gasteiger partial charge in [-0.1, -0.05) is 0 Å². The standard InChI is InChI=1S/C10H17F2NO4S/c1-10(2,3)17-9(14)13-5-7(11)4-8(13)6-18(12,15)16/h7-8H,4-6H2,1-3H3. The Morgan fingerprint density at radius 2 is 2.00 bits per heavy atom. The van der Waals surface area contributed by atoms with Crippen LogP contribution in [0.4, 0.5) is 13.1 Å². The predicted octanol–water partition coefficient (Wildman–Crippen LogP) is 1.63. The van der Waals surface area contributed by atoms with Gasteiger partial charge in [0.05, 0.1) is 12.6 Å². The van der Waals surface area contributed by atoms with E-state index in [0.29, 0.717) is 0 Å². The highest BCUT2D eigenvalue weighted by Crippen LogP contribution is 2.24. The van der Waals surface area contributed by atoms with Crippen molar-refractivity contribution in [1.29, 1.82) is 0 Å². The van der Waals surface area contributed by atoms with Gasteiger partial charge in [0.25, 0.3) is 0 Å². The second-order valence-electron chi connectivity index (χ2n) is 5.33. The summed E-state index contributed by atoms with van der Waals surface area (Å²) < 4.78 is 52.0. The molecule has 0 spiro atoms. The third-order valence-electron chi connectivity index (χ3n) is 2.38. The number of nitrogens with zero attached hydrogens (tertiary/aromatic N) is 1. The van der Waals surface area contributed by atoms with E-state index in [2.05, 4.69) is 0 Å². The van der Waals surface area contributed by atoms with Crippen molar-refractivity contribution < 1.29 is 26.2 Å². The Morgan fingerprint density at radius 1 is 1.44 bits per heavy atom. The molecule has 8 heteroatoms. The monoisotopic (exact) mass is 285 g/mol. The van der Waals surface area contributed by atoms with Gasteiger partial charge >= 0.3 is 16.3 Å². The van der Waals surface area contributed by atoms with Crippen LogP contribution in [-0.2, 0) is 15.0 Å². The molecule has 0 saturated carbocycles. The van der Waals surface area contributed by atoms with Gasteiger partial charge in [-0.2, -0.15) is 8.42 Å². The van der Waals surface area contributed by atoms with Crippen LogP contribution in [0.5, 0.6) is 0 Å². The normalized spacial score (nSPS) is 25.3. The molecule has 1 saturated heterocycles. The Morgan fingerprint density at radius 3 is 2.44 bits per heavy atom. The lowest BCUT2D eigenvalue weighted by Gasteiger charge is -2.27. The largest absolute Gasteiger partial charge is 0.444 e. The second kappa shape index (κ2) is 4.99. The van der Waals surface area contributed by atoms with Crippen molar-refractivity contribution in [3.8, 4) is 0 Å². The molecule has 0 aliphatic carbocycles. The highest BCUT2D eigenvalue weighted by Gasteiger charge is 2.39. The average Bonchev–Trinajstić information content (AvgIpc) is 2.40. The summed E-state index contributed by atoms with van der Waals surface area (Å²) in [5.41, 5.74) is -0.773. The average molecular weight is 285 g/mol. The van der Waals surface area contributed by atoms with Gasteiger partial charge < -0.3 is 9.64 Å². The summed E-state index contributed by atoms with van der Waals surface area (Å²) in [6.07, 6.45) is -2.37. The molecule has 1 heterocycles. The van der Waals surface area contributed by atoms with Crippen LogP contribution < -0.4 is 0 Å². The van der Waals surface area contributed by atoms with E-state index in [0.717, 1.165) is 4.90 Å². The van der Waals surface area contributed by atoms with Gasteiger partial charge in [-0.15, -0.1) is 3.89 Å². The van der Waals surface area contributed by atoms with Gasteiger partial charge in [-0.3, -0.25) is 0 Å². The smallest absolute Gasteiger partial charge is 0.410 e. The van der Waals surface area contributed by atoms with Crippen molar-refractivity contribution in [2.75, 3.05) is 12.3 Å². The number of halogens is 2. The number of amides is 1. The predicted molar refractivity (Wildman–Crippen MR) is 61.1 cm³/mol. The number of ether oxygens (including phenoxy) is 1. The van der Waals surface area contributed by atoms with Gasteiger partial charge in [0.1, 0.15) is 17.5 Å². The lowest BCUT2D eigenvalue weighted by atomic mass is 10.2. The maximum absolute atomic E-state index is 13.2. The van der Waals surface area contributed by atoms with Crippen LogP contribution in [0, 0.1) is 0 Å². The molecule has 0 bridgehead atoms. The summed E-state index contributed by atoms with van der Waals surface area (Å²) in [5.74, 6) is -0.896.